The predicted octanol–water partition coefficient (Wildman–Crippen LogP) is 3.60. The molecule has 0 aliphatic rings. The van der Waals surface area contributed by atoms with Gasteiger partial charge in [-0.25, -0.2) is 4.39 Å². The van der Waals surface area contributed by atoms with E-state index in [0.717, 1.165) is 6.20 Å². The summed E-state index contributed by atoms with van der Waals surface area (Å²) in [7, 11) is 0. The summed E-state index contributed by atoms with van der Waals surface area (Å²) in [4.78, 5) is 3.67. The fourth-order valence-electron chi connectivity index (χ4n) is 1.57. The molecule has 0 atom stereocenters. The number of nitrogens with two attached hydrogens (primary N) is 1. The lowest BCUT2D eigenvalue weighted by atomic mass is 10.2. The number of nitrogen functional groups attached to an aromatic ring is 1. The molecule has 0 spiro atoms. The second-order valence-corrected chi connectivity index (χ2v) is 4.13. The number of nitrogens with one attached hydrogen (secondary N) is 1. The number of pyridine rings is 1. The Kier molecular flexibility index (Phi) is 4.06. The monoisotopic (exact) mass is 281 g/mol. The molecule has 2 rings (SSSR count). The third-order valence-electron chi connectivity index (χ3n) is 2.48. The Morgan fingerprint density at radius 2 is 2.16 bits per heavy atom. The lowest BCUT2D eigenvalue weighted by Gasteiger charge is -2.13. The van der Waals surface area contributed by atoms with Gasteiger partial charge >= 0.3 is 0 Å². The van der Waals surface area contributed by atoms with Crippen LogP contribution in [-0.4, -0.2) is 11.6 Å². The molecule has 6 heteroatoms. The normalized spacial score (nSPS) is 10.3. The van der Waals surface area contributed by atoms with Crippen molar-refractivity contribution < 1.29 is 9.13 Å². The van der Waals surface area contributed by atoms with E-state index in [0.29, 0.717) is 28.8 Å². The Morgan fingerprint density at radius 1 is 1.37 bits per heavy atom. The van der Waals surface area contributed by atoms with E-state index < -0.39 is 5.82 Å². The molecule has 2 aromatic rings. The standard InChI is InChI=1S/C13H13ClFN3O/c1-2-19-11-4-3-10(12(14)13(11)16)18-9-5-6-17-7-8(9)15/h3-7H,2,16H2,1H3,(H,17,18). The van der Waals surface area contributed by atoms with Crippen LogP contribution in [0.25, 0.3) is 0 Å². The van der Waals surface area contributed by atoms with E-state index in [2.05, 4.69) is 10.3 Å². The first kappa shape index (κ1) is 13.4. The molecule has 3 N–H and O–H groups in total. The average molecular weight is 282 g/mol. The molecule has 4 nitrogen and oxygen atoms in total. The van der Waals surface area contributed by atoms with Gasteiger partial charge in [-0.2, -0.15) is 0 Å². The summed E-state index contributed by atoms with van der Waals surface area (Å²) in [6.07, 6.45) is 2.60. The van der Waals surface area contributed by atoms with Crippen LogP contribution < -0.4 is 15.8 Å². The number of rotatable bonds is 4. The molecule has 100 valence electrons. The number of benzene rings is 1. The fourth-order valence-corrected chi connectivity index (χ4v) is 1.78. The van der Waals surface area contributed by atoms with Crippen LogP contribution in [0.1, 0.15) is 6.92 Å². The van der Waals surface area contributed by atoms with Crippen LogP contribution in [0.5, 0.6) is 5.75 Å². The van der Waals surface area contributed by atoms with Gasteiger partial charge < -0.3 is 15.8 Å². The van der Waals surface area contributed by atoms with Crippen LogP contribution in [0.15, 0.2) is 30.6 Å². The van der Waals surface area contributed by atoms with Gasteiger partial charge in [-0.05, 0) is 25.1 Å². The first-order valence-electron chi connectivity index (χ1n) is 5.70. The molecule has 0 unspecified atom stereocenters. The van der Waals surface area contributed by atoms with Crippen molar-refractivity contribution in [2.75, 3.05) is 17.7 Å². The van der Waals surface area contributed by atoms with Gasteiger partial charge in [0.05, 0.1) is 34.9 Å². The minimum atomic E-state index is -0.467. The lowest BCUT2D eigenvalue weighted by molar-refractivity contribution is 0.342. The molecule has 0 amide bonds. The van der Waals surface area contributed by atoms with Crippen LogP contribution >= 0.6 is 11.6 Å². The molecule has 0 fully saturated rings. The van der Waals surface area contributed by atoms with Gasteiger partial charge in [0, 0.05) is 6.20 Å². The molecule has 1 heterocycles. The Hall–Kier alpha value is -2.01. The first-order chi connectivity index (χ1) is 9.13. The molecule has 0 radical (unpaired) electrons. The summed E-state index contributed by atoms with van der Waals surface area (Å²) < 4.78 is 18.8. The quantitative estimate of drug-likeness (QED) is 0.841. The smallest absolute Gasteiger partial charge is 0.164 e. The van der Waals surface area contributed by atoms with Crippen LogP contribution in [-0.2, 0) is 0 Å². The van der Waals surface area contributed by atoms with Crippen molar-refractivity contribution in [2.45, 2.75) is 6.92 Å². The number of hydrogen-bond acceptors (Lipinski definition) is 4. The summed E-state index contributed by atoms with van der Waals surface area (Å²) >= 11 is 6.13. The van der Waals surface area contributed by atoms with Gasteiger partial charge in [-0.1, -0.05) is 11.6 Å². The molecule has 1 aromatic heterocycles. The van der Waals surface area contributed by atoms with Crippen molar-refractivity contribution in [3.05, 3.63) is 41.4 Å². The molecular weight excluding hydrogens is 269 g/mol. The minimum absolute atomic E-state index is 0.278. The molecule has 19 heavy (non-hydrogen) atoms. The van der Waals surface area contributed by atoms with Gasteiger partial charge in [0.2, 0.25) is 0 Å². The molecule has 0 saturated heterocycles. The van der Waals surface area contributed by atoms with Crippen molar-refractivity contribution in [1.82, 2.24) is 4.98 Å². The van der Waals surface area contributed by atoms with E-state index in [1.165, 1.54) is 12.3 Å². The average Bonchev–Trinajstić information content (AvgIpc) is 2.41. The van der Waals surface area contributed by atoms with Gasteiger partial charge in [0.25, 0.3) is 0 Å². The van der Waals surface area contributed by atoms with E-state index in [1.807, 2.05) is 6.92 Å². The molecule has 0 aliphatic heterocycles. The zero-order valence-electron chi connectivity index (χ0n) is 10.3. The number of hydrogen-bond donors (Lipinski definition) is 2. The van der Waals surface area contributed by atoms with Gasteiger partial charge in [0.15, 0.2) is 5.82 Å². The van der Waals surface area contributed by atoms with Gasteiger partial charge in [-0.3, -0.25) is 4.98 Å². The SMILES string of the molecule is CCOc1ccc(Nc2ccncc2F)c(Cl)c1N. The Bertz CT molecular complexity index is 592. The van der Waals surface area contributed by atoms with E-state index in [9.17, 15) is 4.39 Å². The molecule has 0 saturated carbocycles. The first-order valence-corrected chi connectivity index (χ1v) is 6.08. The second-order valence-electron chi connectivity index (χ2n) is 3.75. The third-order valence-corrected chi connectivity index (χ3v) is 2.89. The maximum Gasteiger partial charge on any atom is 0.164 e. The predicted molar refractivity (Wildman–Crippen MR) is 74.5 cm³/mol. The van der Waals surface area contributed by atoms with E-state index >= 15 is 0 Å². The van der Waals surface area contributed by atoms with Gasteiger partial charge in [-0.15, -0.1) is 0 Å². The van der Waals surface area contributed by atoms with E-state index in [-0.39, 0.29) is 5.69 Å². The second kappa shape index (κ2) is 5.75. The Labute approximate surface area is 115 Å². The van der Waals surface area contributed by atoms with Crippen LogP contribution in [0.2, 0.25) is 5.02 Å². The summed E-state index contributed by atoms with van der Waals surface area (Å²) in [5.74, 6) is 0.0410. The van der Waals surface area contributed by atoms with E-state index in [4.69, 9.17) is 22.1 Å². The number of aromatic nitrogens is 1. The lowest BCUT2D eigenvalue weighted by Crippen LogP contribution is -2.01. The zero-order chi connectivity index (χ0) is 13.8. The van der Waals surface area contributed by atoms with Crippen molar-refractivity contribution in [3.8, 4) is 5.75 Å². The molecule has 0 bridgehead atoms. The van der Waals surface area contributed by atoms with Crippen LogP contribution in [0.4, 0.5) is 21.5 Å². The summed E-state index contributed by atoms with van der Waals surface area (Å²) in [5.41, 5.74) is 6.97. The van der Waals surface area contributed by atoms with E-state index in [1.54, 1.807) is 12.1 Å². The number of anilines is 3. The topological polar surface area (TPSA) is 60.2 Å². The molecule has 0 aliphatic carbocycles. The minimum Gasteiger partial charge on any atom is -0.492 e. The largest absolute Gasteiger partial charge is 0.492 e. The fraction of sp³-hybridized carbons (Fsp3) is 0.154. The third kappa shape index (κ3) is 2.88. The summed E-state index contributed by atoms with van der Waals surface area (Å²) in [5, 5.41) is 3.16. The molecule has 1 aromatic carbocycles. The highest BCUT2D eigenvalue weighted by molar-refractivity contribution is 6.36. The Balaban J connectivity index is 2.32. The van der Waals surface area contributed by atoms with Crippen LogP contribution in [0, 0.1) is 5.82 Å². The highest BCUT2D eigenvalue weighted by atomic mass is 35.5. The maximum atomic E-state index is 13.5. The number of ether oxygens (including phenoxy) is 1. The molecular formula is C13H13ClFN3O. The van der Waals surface area contributed by atoms with Crippen LogP contribution in [0.3, 0.4) is 0 Å². The number of halogens is 2. The summed E-state index contributed by atoms with van der Waals surface area (Å²) in [6.45, 7) is 2.35. The van der Waals surface area contributed by atoms with Crippen molar-refractivity contribution in [2.24, 2.45) is 0 Å². The van der Waals surface area contributed by atoms with Gasteiger partial charge in [0.1, 0.15) is 5.75 Å². The number of nitrogens with zero attached hydrogens (tertiary/aromatic N) is 1. The highest BCUT2D eigenvalue weighted by Gasteiger charge is 2.11. The zero-order valence-corrected chi connectivity index (χ0v) is 11.0. The maximum absolute atomic E-state index is 13.5. The Morgan fingerprint density at radius 3 is 2.84 bits per heavy atom. The summed E-state index contributed by atoms with van der Waals surface area (Å²) in [6, 6.07) is 4.88. The highest BCUT2D eigenvalue weighted by Crippen LogP contribution is 2.37. The van der Waals surface area contributed by atoms with Crippen molar-refractivity contribution in [1.29, 1.82) is 0 Å². The van der Waals surface area contributed by atoms with Crippen molar-refractivity contribution in [3.63, 3.8) is 0 Å². The van der Waals surface area contributed by atoms with Crippen molar-refractivity contribution >= 4 is 28.7 Å².